The Morgan fingerprint density at radius 3 is 2.86 bits per heavy atom. The third kappa shape index (κ3) is 2.78. The number of hydrogen-bond acceptors (Lipinski definition) is 4. The van der Waals surface area contributed by atoms with Crippen LogP contribution in [0.5, 0.6) is 0 Å². The molecule has 0 aliphatic carbocycles. The molecule has 0 saturated heterocycles. The Morgan fingerprint density at radius 1 is 1.24 bits per heavy atom. The number of rotatable bonds is 3. The lowest BCUT2D eigenvalue weighted by Gasteiger charge is -2.09. The van der Waals surface area contributed by atoms with Crippen LogP contribution in [0.2, 0.25) is 0 Å². The van der Waals surface area contributed by atoms with Crippen LogP contribution < -0.4 is 5.73 Å². The minimum atomic E-state index is -1.20. The molecule has 1 atom stereocenters. The largest absolute Gasteiger partial charge is 0.396 e. The number of aryl methyl sites for hydroxylation is 1. The Morgan fingerprint density at radius 2 is 2.05 bits per heavy atom. The van der Waals surface area contributed by atoms with Gasteiger partial charge in [-0.05, 0) is 30.7 Å². The van der Waals surface area contributed by atoms with Gasteiger partial charge < -0.3 is 5.73 Å². The lowest BCUT2D eigenvalue weighted by Crippen LogP contribution is -2.02. The van der Waals surface area contributed by atoms with Crippen LogP contribution in [0, 0.1) is 6.92 Å². The summed E-state index contributed by atoms with van der Waals surface area (Å²) in [5, 5.41) is 1.03. The molecule has 1 unspecified atom stereocenters. The fourth-order valence-electron chi connectivity index (χ4n) is 2.33. The summed E-state index contributed by atoms with van der Waals surface area (Å²) in [6, 6.07) is 11.6. The van der Waals surface area contributed by atoms with Gasteiger partial charge in [0.05, 0.1) is 38.8 Å². The highest BCUT2D eigenvalue weighted by molar-refractivity contribution is 7.84. The molecule has 0 radical (unpaired) electrons. The number of para-hydroxylation sites is 1. The van der Waals surface area contributed by atoms with Crippen LogP contribution in [0.3, 0.4) is 0 Å². The highest BCUT2D eigenvalue weighted by Gasteiger charge is 2.11. The van der Waals surface area contributed by atoms with Crippen LogP contribution in [-0.4, -0.2) is 14.2 Å². The number of benzene rings is 1. The molecule has 1 aromatic carbocycles. The molecule has 0 saturated carbocycles. The van der Waals surface area contributed by atoms with Crippen molar-refractivity contribution in [2.45, 2.75) is 17.6 Å². The van der Waals surface area contributed by atoms with Gasteiger partial charge in [-0.15, -0.1) is 0 Å². The minimum absolute atomic E-state index is 0.415. The number of fused-ring (bicyclic) bond motifs is 1. The smallest absolute Gasteiger partial charge is 0.0708 e. The van der Waals surface area contributed by atoms with Crippen molar-refractivity contribution in [1.82, 2.24) is 9.97 Å². The number of aromatic nitrogens is 2. The summed E-state index contributed by atoms with van der Waals surface area (Å²) in [7, 11) is -1.20. The van der Waals surface area contributed by atoms with Gasteiger partial charge in [0.2, 0.25) is 0 Å². The zero-order valence-corrected chi connectivity index (χ0v) is 12.4. The van der Waals surface area contributed by atoms with Gasteiger partial charge >= 0.3 is 0 Å². The van der Waals surface area contributed by atoms with Gasteiger partial charge in [-0.3, -0.25) is 14.2 Å². The standard InChI is InChI=1S/C16H15N3OS/c1-11-8-12(13-4-2-3-5-15(13)19-11)10-21(20)16-6-7-18-9-14(16)17/h2-9H,10,17H2,1H3. The first-order valence-corrected chi connectivity index (χ1v) is 7.90. The van der Waals surface area contributed by atoms with Gasteiger partial charge in [0.25, 0.3) is 0 Å². The third-order valence-corrected chi connectivity index (χ3v) is 4.71. The molecule has 3 rings (SSSR count). The quantitative estimate of drug-likeness (QED) is 0.807. The number of anilines is 1. The molecule has 4 nitrogen and oxygen atoms in total. The van der Waals surface area contributed by atoms with Crippen molar-refractivity contribution in [1.29, 1.82) is 0 Å². The summed E-state index contributed by atoms with van der Waals surface area (Å²) < 4.78 is 12.6. The van der Waals surface area contributed by atoms with E-state index in [1.807, 2.05) is 37.3 Å². The average molecular weight is 297 g/mol. The fourth-order valence-corrected chi connectivity index (χ4v) is 3.54. The summed E-state index contributed by atoms with van der Waals surface area (Å²) in [6.07, 6.45) is 3.14. The SMILES string of the molecule is Cc1cc(CS(=O)c2ccncc2N)c2ccccc2n1. The van der Waals surface area contributed by atoms with Crippen molar-refractivity contribution in [3.05, 3.63) is 60.0 Å². The summed E-state index contributed by atoms with van der Waals surface area (Å²) in [5.41, 5.74) is 9.18. The van der Waals surface area contributed by atoms with Crippen LogP contribution >= 0.6 is 0 Å². The van der Waals surface area contributed by atoms with E-state index in [0.717, 1.165) is 22.2 Å². The maximum Gasteiger partial charge on any atom is 0.0708 e. The molecule has 0 aliphatic rings. The van der Waals surface area contributed by atoms with E-state index in [2.05, 4.69) is 9.97 Å². The molecule has 0 spiro atoms. The molecule has 21 heavy (non-hydrogen) atoms. The Bertz CT molecular complexity index is 833. The zero-order valence-electron chi connectivity index (χ0n) is 11.6. The molecular weight excluding hydrogens is 282 g/mol. The third-order valence-electron chi connectivity index (χ3n) is 3.27. The lowest BCUT2D eigenvalue weighted by atomic mass is 10.1. The molecule has 106 valence electrons. The van der Waals surface area contributed by atoms with Crippen molar-refractivity contribution in [3.8, 4) is 0 Å². The molecular formula is C16H15N3OS. The highest BCUT2D eigenvalue weighted by atomic mass is 32.2. The van der Waals surface area contributed by atoms with Gasteiger partial charge in [0, 0.05) is 17.3 Å². The fraction of sp³-hybridized carbons (Fsp3) is 0.125. The van der Waals surface area contributed by atoms with E-state index in [1.54, 1.807) is 12.3 Å². The second kappa shape index (κ2) is 5.61. The predicted octanol–water partition coefficient (Wildman–Crippen LogP) is 2.83. The van der Waals surface area contributed by atoms with Gasteiger partial charge in [0.15, 0.2) is 0 Å². The first kappa shape index (κ1) is 13.7. The van der Waals surface area contributed by atoms with Crippen molar-refractivity contribution >= 4 is 27.4 Å². The van der Waals surface area contributed by atoms with Gasteiger partial charge in [-0.25, -0.2) is 0 Å². The van der Waals surface area contributed by atoms with Crippen molar-refractivity contribution in [2.75, 3.05) is 5.73 Å². The number of nitrogen functional groups attached to an aromatic ring is 1. The van der Waals surface area contributed by atoms with E-state index in [-0.39, 0.29) is 0 Å². The van der Waals surface area contributed by atoms with Crippen LogP contribution in [0.1, 0.15) is 11.3 Å². The maximum atomic E-state index is 12.6. The highest BCUT2D eigenvalue weighted by Crippen LogP contribution is 2.23. The molecule has 0 bridgehead atoms. The Labute approximate surface area is 125 Å². The van der Waals surface area contributed by atoms with Crippen LogP contribution in [0.25, 0.3) is 10.9 Å². The second-order valence-corrected chi connectivity index (χ2v) is 6.26. The Hall–Kier alpha value is -2.27. The molecule has 0 aliphatic heterocycles. The second-order valence-electron chi connectivity index (χ2n) is 4.84. The van der Waals surface area contributed by atoms with Crippen molar-refractivity contribution < 1.29 is 4.21 Å². The van der Waals surface area contributed by atoms with E-state index in [4.69, 9.17) is 5.73 Å². The summed E-state index contributed by atoms with van der Waals surface area (Å²) in [5.74, 6) is 0.415. The van der Waals surface area contributed by atoms with Gasteiger partial charge in [0.1, 0.15) is 0 Å². The van der Waals surface area contributed by atoms with E-state index < -0.39 is 10.8 Å². The predicted molar refractivity (Wildman–Crippen MR) is 85.2 cm³/mol. The maximum absolute atomic E-state index is 12.6. The van der Waals surface area contributed by atoms with Crippen LogP contribution in [0.15, 0.2) is 53.7 Å². The van der Waals surface area contributed by atoms with E-state index in [1.165, 1.54) is 6.20 Å². The van der Waals surface area contributed by atoms with E-state index >= 15 is 0 Å². The number of hydrogen-bond donors (Lipinski definition) is 1. The van der Waals surface area contributed by atoms with Gasteiger partial charge in [-0.2, -0.15) is 0 Å². The first-order valence-electron chi connectivity index (χ1n) is 6.58. The lowest BCUT2D eigenvalue weighted by molar-refractivity contribution is 0.683. The Balaban J connectivity index is 2.02. The summed E-state index contributed by atoms with van der Waals surface area (Å²) >= 11 is 0. The molecule has 2 heterocycles. The average Bonchev–Trinajstić information content (AvgIpc) is 2.47. The number of nitrogens with zero attached hydrogens (tertiary/aromatic N) is 2. The molecule has 2 aromatic heterocycles. The van der Waals surface area contributed by atoms with E-state index in [9.17, 15) is 4.21 Å². The summed E-state index contributed by atoms with van der Waals surface area (Å²) in [4.78, 5) is 9.06. The zero-order chi connectivity index (χ0) is 14.8. The molecule has 0 amide bonds. The van der Waals surface area contributed by atoms with Crippen LogP contribution in [-0.2, 0) is 16.6 Å². The first-order chi connectivity index (χ1) is 10.1. The monoisotopic (exact) mass is 297 g/mol. The normalized spacial score (nSPS) is 12.4. The van der Waals surface area contributed by atoms with Crippen molar-refractivity contribution in [3.63, 3.8) is 0 Å². The topological polar surface area (TPSA) is 68.9 Å². The number of pyridine rings is 2. The number of nitrogens with two attached hydrogens (primary N) is 1. The van der Waals surface area contributed by atoms with Crippen LogP contribution in [0.4, 0.5) is 5.69 Å². The molecule has 2 N–H and O–H groups in total. The van der Waals surface area contributed by atoms with E-state index in [0.29, 0.717) is 16.3 Å². The van der Waals surface area contributed by atoms with Gasteiger partial charge in [-0.1, -0.05) is 18.2 Å². The summed E-state index contributed by atoms with van der Waals surface area (Å²) in [6.45, 7) is 1.94. The molecule has 5 heteroatoms. The molecule has 3 aromatic rings. The van der Waals surface area contributed by atoms with Crippen molar-refractivity contribution in [2.24, 2.45) is 0 Å². The minimum Gasteiger partial charge on any atom is -0.396 e. The Kier molecular flexibility index (Phi) is 3.66. The molecule has 0 fully saturated rings.